The number of pyridine rings is 1. The largest absolute Gasteiger partial charge is 0.305 e. The van der Waals surface area contributed by atoms with Gasteiger partial charge in [-0.3, -0.25) is 9.78 Å². The monoisotopic (exact) mass is 283 g/mol. The van der Waals surface area contributed by atoms with Crippen molar-refractivity contribution in [3.05, 3.63) is 39.4 Å². The van der Waals surface area contributed by atoms with Crippen molar-refractivity contribution in [2.24, 2.45) is 0 Å². The van der Waals surface area contributed by atoms with Crippen LogP contribution < -0.4 is 5.32 Å². The molecular weight excluding hydrogens is 278 g/mol. The van der Waals surface area contributed by atoms with Gasteiger partial charge >= 0.3 is 0 Å². The lowest BCUT2D eigenvalue weighted by Gasteiger charge is -2.03. The summed E-state index contributed by atoms with van der Waals surface area (Å²) in [5.74, 6) is 0.313. The Morgan fingerprint density at radius 2 is 2.40 bits per heavy atom. The van der Waals surface area contributed by atoms with Crippen molar-refractivity contribution in [2.75, 3.05) is 5.32 Å². The number of thiazole rings is 1. The lowest BCUT2D eigenvalue weighted by molar-refractivity contribution is 0.103. The van der Waals surface area contributed by atoms with Crippen LogP contribution in [-0.4, -0.2) is 15.9 Å². The molecular formula is C9H6BrN3OS. The van der Waals surface area contributed by atoms with Gasteiger partial charge in [0.25, 0.3) is 5.91 Å². The predicted molar refractivity (Wildman–Crippen MR) is 62.0 cm³/mol. The molecule has 0 aromatic carbocycles. The third-order valence-electron chi connectivity index (χ3n) is 1.65. The zero-order valence-corrected chi connectivity index (χ0v) is 9.88. The number of amides is 1. The van der Waals surface area contributed by atoms with Crippen molar-refractivity contribution in [2.45, 2.75) is 0 Å². The Bertz CT molecular complexity index is 472. The van der Waals surface area contributed by atoms with Crippen molar-refractivity contribution >= 4 is 39.0 Å². The highest BCUT2D eigenvalue weighted by Crippen LogP contribution is 2.19. The number of halogens is 1. The lowest BCUT2D eigenvalue weighted by atomic mass is 10.4. The summed E-state index contributed by atoms with van der Waals surface area (Å²) in [7, 11) is 0. The predicted octanol–water partition coefficient (Wildman–Crippen LogP) is 2.55. The van der Waals surface area contributed by atoms with E-state index in [1.54, 1.807) is 17.8 Å². The van der Waals surface area contributed by atoms with Gasteiger partial charge in [-0.05, 0) is 28.1 Å². The second-order valence-corrected chi connectivity index (χ2v) is 4.39. The quantitative estimate of drug-likeness (QED) is 0.922. The van der Waals surface area contributed by atoms with Crippen LogP contribution in [0.2, 0.25) is 0 Å². The van der Waals surface area contributed by atoms with Gasteiger partial charge in [0.2, 0.25) is 0 Å². The average Bonchev–Trinajstić information content (AvgIpc) is 2.74. The number of anilines is 1. The van der Waals surface area contributed by atoms with E-state index in [-0.39, 0.29) is 5.91 Å². The summed E-state index contributed by atoms with van der Waals surface area (Å²) in [6, 6.07) is 3.60. The molecule has 0 atom stereocenters. The van der Waals surface area contributed by atoms with Gasteiger partial charge in [-0.2, -0.15) is 0 Å². The van der Waals surface area contributed by atoms with Crippen LogP contribution in [0.5, 0.6) is 0 Å². The van der Waals surface area contributed by atoms with Crippen LogP contribution in [-0.2, 0) is 0 Å². The summed E-state index contributed by atoms with van der Waals surface area (Å²) in [5.41, 5.74) is 1.61. The van der Waals surface area contributed by atoms with E-state index in [1.165, 1.54) is 17.5 Å². The molecule has 15 heavy (non-hydrogen) atoms. The molecule has 0 saturated heterocycles. The minimum Gasteiger partial charge on any atom is -0.305 e. The van der Waals surface area contributed by atoms with Crippen LogP contribution in [0, 0.1) is 0 Å². The third kappa shape index (κ3) is 2.40. The Morgan fingerprint density at radius 1 is 1.53 bits per heavy atom. The zero-order chi connectivity index (χ0) is 10.7. The summed E-state index contributed by atoms with van der Waals surface area (Å²) < 4.78 is 0.753. The van der Waals surface area contributed by atoms with Crippen LogP contribution in [0.4, 0.5) is 5.82 Å². The van der Waals surface area contributed by atoms with E-state index in [9.17, 15) is 4.79 Å². The molecule has 4 nitrogen and oxygen atoms in total. The molecule has 0 radical (unpaired) electrons. The van der Waals surface area contributed by atoms with Gasteiger partial charge in [-0.15, -0.1) is 11.3 Å². The Labute approximate surface area is 98.5 Å². The van der Waals surface area contributed by atoms with Crippen molar-refractivity contribution < 1.29 is 4.79 Å². The number of rotatable bonds is 2. The van der Waals surface area contributed by atoms with Gasteiger partial charge in [-0.25, -0.2) is 4.98 Å². The molecule has 6 heteroatoms. The smallest absolute Gasteiger partial charge is 0.268 e. The Hall–Kier alpha value is -1.27. The second-order valence-electron chi connectivity index (χ2n) is 2.65. The number of aromatic nitrogens is 2. The summed E-state index contributed by atoms with van der Waals surface area (Å²) in [6.07, 6.45) is 3.14. The molecule has 76 valence electrons. The summed E-state index contributed by atoms with van der Waals surface area (Å²) in [4.78, 5) is 20.1. The van der Waals surface area contributed by atoms with E-state index < -0.39 is 0 Å². The Balaban J connectivity index is 2.17. The topological polar surface area (TPSA) is 54.9 Å². The van der Waals surface area contributed by atoms with Crippen LogP contribution in [0.3, 0.4) is 0 Å². The van der Waals surface area contributed by atoms with Crippen molar-refractivity contribution in [1.82, 2.24) is 9.97 Å². The van der Waals surface area contributed by atoms with Crippen LogP contribution in [0.25, 0.3) is 0 Å². The van der Waals surface area contributed by atoms with Gasteiger partial charge in [0.05, 0.1) is 16.2 Å². The van der Waals surface area contributed by atoms with Crippen molar-refractivity contribution in [3.8, 4) is 0 Å². The maximum atomic E-state index is 11.6. The van der Waals surface area contributed by atoms with E-state index in [0.29, 0.717) is 10.7 Å². The minimum atomic E-state index is -0.197. The third-order valence-corrected chi connectivity index (χ3v) is 3.06. The zero-order valence-electron chi connectivity index (χ0n) is 7.48. The molecule has 1 amide bonds. The normalized spacial score (nSPS) is 9.93. The van der Waals surface area contributed by atoms with E-state index in [0.717, 1.165) is 4.47 Å². The lowest BCUT2D eigenvalue weighted by Crippen LogP contribution is -2.11. The molecule has 0 saturated carbocycles. The SMILES string of the molecule is O=C(Nc1ncccc1Br)c1cncs1. The number of carbonyl (C=O) groups is 1. The van der Waals surface area contributed by atoms with E-state index in [1.807, 2.05) is 6.07 Å². The molecule has 0 aliphatic rings. The first-order chi connectivity index (χ1) is 7.27. The van der Waals surface area contributed by atoms with E-state index in [2.05, 4.69) is 31.2 Å². The van der Waals surface area contributed by atoms with Gasteiger partial charge < -0.3 is 5.32 Å². The van der Waals surface area contributed by atoms with E-state index in [4.69, 9.17) is 0 Å². The molecule has 0 aliphatic heterocycles. The van der Waals surface area contributed by atoms with Crippen LogP contribution >= 0.6 is 27.3 Å². The van der Waals surface area contributed by atoms with Crippen molar-refractivity contribution in [3.63, 3.8) is 0 Å². The number of hydrogen-bond donors (Lipinski definition) is 1. The van der Waals surface area contributed by atoms with Crippen molar-refractivity contribution in [1.29, 1.82) is 0 Å². The highest BCUT2D eigenvalue weighted by Gasteiger charge is 2.09. The molecule has 2 aromatic rings. The molecule has 0 spiro atoms. The molecule has 0 unspecified atom stereocenters. The van der Waals surface area contributed by atoms with Gasteiger partial charge in [0.15, 0.2) is 0 Å². The molecule has 2 aromatic heterocycles. The fourth-order valence-electron chi connectivity index (χ4n) is 0.975. The first-order valence-electron chi connectivity index (χ1n) is 4.08. The van der Waals surface area contributed by atoms with Gasteiger partial charge in [0.1, 0.15) is 10.7 Å². The first kappa shape index (κ1) is 10.3. The summed E-state index contributed by atoms with van der Waals surface area (Å²) in [6.45, 7) is 0. The second kappa shape index (κ2) is 4.50. The fraction of sp³-hybridized carbons (Fsp3) is 0. The van der Waals surface area contributed by atoms with Gasteiger partial charge in [0, 0.05) is 6.20 Å². The number of nitrogens with one attached hydrogen (secondary N) is 1. The summed E-state index contributed by atoms with van der Waals surface area (Å²) >= 11 is 4.59. The maximum absolute atomic E-state index is 11.6. The standard InChI is InChI=1S/C9H6BrN3OS/c10-6-2-1-3-12-8(6)13-9(14)7-4-11-5-15-7/h1-5H,(H,12,13,14). The highest BCUT2D eigenvalue weighted by atomic mass is 79.9. The maximum Gasteiger partial charge on any atom is 0.268 e. The Kier molecular flexibility index (Phi) is 3.08. The summed E-state index contributed by atoms with van der Waals surface area (Å²) in [5, 5.41) is 2.69. The van der Waals surface area contributed by atoms with E-state index >= 15 is 0 Å². The fourth-order valence-corrected chi connectivity index (χ4v) is 1.84. The highest BCUT2D eigenvalue weighted by molar-refractivity contribution is 9.10. The molecule has 0 aliphatic carbocycles. The number of hydrogen-bond acceptors (Lipinski definition) is 4. The number of nitrogens with zero attached hydrogens (tertiary/aromatic N) is 2. The van der Waals surface area contributed by atoms with Crippen LogP contribution in [0.15, 0.2) is 34.5 Å². The minimum absolute atomic E-state index is 0.197. The van der Waals surface area contributed by atoms with Gasteiger partial charge in [-0.1, -0.05) is 0 Å². The molecule has 0 bridgehead atoms. The average molecular weight is 284 g/mol. The molecule has 2 heterocycles. The number of carbonyl (C=O) groups excluding carboxylic acids is 1. The molecule has 2 rings (SSSR count). The molecule has 0 fully saturated rings. The molecule has 1 N–H and O–H groups in total. The Morgan fingerprint density at radius 3 is 3.07 bits per heavy atom. The first-order valence-corrected chi connectivity index (χ1v) is 5.75. The van der Waals surface area contributed by atoms with Crippen LogP contribution in [0.1, 0.15) is 9.67 Å².